The molecule has 0 N–H and O–H groups in total. The maximum atomic E-state index is 13.1. The third-order valence-corrected chi connectivity index (χ3v) is 5.43. The summed E-state index contributed by atoms with van der Waals surface area (Å²) in [4.78, 5) is 34.8. The summed E-state index contributed by atoms with van der Waals surface area (Å²) in [6.45, 7) is 2.17. The second kappa shape index (κ2) is 8.29. The molecule has 0 bridgehead atoms. The van der Waals surface area contributed by atoms with Gasteiger partial charge in [-0.3, -0.25) is 9.59 Å². The minimum absolute atomic E-state index is 0.0213. The molecule has 1 aromatic heterocycles. The second-order valence-corrected chi connectivity index (χ2v) is 8.24. The second-order valence-electron chi connectivity index (χ2n) is 8.24. The number of nitrogens with zero attached hydrogens (tertiary/aromatic N) is 3. The van der Waals surface area contributed by atoms with Gasteiger partial charge in [0.1, 0.15) is 11.4 Å². The molecule has 2 aliphatic rings. The molecule has 5 heteroatoms. The van der Waals surface area contributed by atoms with Gasteiger partial charge in [0, 0.05) is 51.7 Å². The monoisotopic (exact) mass is 381 g/mol. The van der Waals surface area contributed by atoms with Crippen molar-refractivity contribution >= 4 is 11.6 Å². The van der Waals surface area contributed by atoms with Gasteiger partial charge >= 0.3 is 0 Å². The normalized spacial score (nSPS) is 19.0. The van der Waals surface area contributed by atoms with E-state index in [1.807, 2.05) is 50.4 Å². The third-order valence-electron chi connectivity index (χ3n) is 5.43. The Morgan fingerprint density at radius 3 is 1.68 bits per heavy atom. The fourth-order valence-electron chi connectivity index (χ4n) is 4.20. The molecule has 0 unspecified atom stereocenters. The van der Waals surface area contributed by atoms with E-state index < -0.39 is 0 Å². The number of carbonyl (C=O) groups is 2. The highest BCUT2D eigenvalue weighted by Crippen LogP contribution is 2.35. The average molecular weight is 382 g/mol. The number of hydrogen-bond donors (Lipinski definition) is 0. The molecule has 0 radical (unpaired) electrons. The summed E-state index contributed by atoms with van der Waals surface area (Å²) >= 11 is 0. The van der Waals surface area contributed by atoms with E-state index in [1.54, 1.807) is 0 Å². The zero-order chi connectivity index (χ0) is 20.4. The van der Waals surface area contributed by atoms with E-state index in [1.165, 1.54) is 5.56 Å². The molecule has 0 saturated carbocycles. The topological polar surface area (TPSA) is 53.5 Å². The smallest absolute Gasteiger partial charge is 0.209 e. The number of fused-ring (bicyclic) bond motifs is 2. The first-order valence-electron chi connectivity index (χ1n) is 10.2. The maximum absolute atomic E-state index is 13.1. The average Bonchev–Trinajstić information content (AvgIpc) is 2.63. The summed E-state index contributed by atoms with van der Waals surface area (Å²) in [5.41, 5.74) is 5.95. The van der Waals surface area contributed by atoms with Crippen molar-refractivity contribution in [2.24, 2.45) is 0 Å². The molecule has 0 fully saturated rings. The number of aromatic nitrogens is 1. The minimum atomic E-state index is -0.0213. The van der Waals surface area contributed by atoms with Crippen molar-refractivity contribution in [1.82, 2.24) is 14.8 Å². The van der Waals surface area contributed by atoms with Crippen LogP contribution in [0.5, 0.6) is 0 Å². The lowest BCUT2D eigenvalue weighted by atomic mass is 9.79. The minimum Gasteiger partial charge on any atom is -0.383 e. The lowest BCUT2D eigenvalue weighted by Gasteiger charge is -2.27. The van der Waals surface area contributed by atoms with Crippen LogP contribution in [0.15, 0.2) is 23.5 Å². The molecule has 1 aromatic rings. The first kappa shape index (κ1) is 20.3. The Hall–Kier alpha value is -2.43. The number of pyridine rings is 1. The van der Waals surface area contributed by atoms with Gasteiger partial charge in [0.05, 0.1) is 0 Å². The van der Waals surface area contributed by atoms with Crippen molar-refractivity contribution in [2.75, 3.05) is 28.2 Å². The van der Waals surface area contributed by atoms with Crippen molar-refractivity contribution in [3.8, 4) is 0 Å². The lowest BCUT2D eigenvalue weighted by molar-refractivity contribution is 0.101. The molecule has 150 valence electrons. The van der Waals surface area contributed by atoms with E-state index in [9.17, 15) is 9.59 Å². The first-order valence-corrected chi connectivity index (χ1v) is 10.2. The van der Waals surface area contributed by atoms with E-state index in [0.29, 0.717) is 11.4 Å². The number of ketones is 2. The van der Waals surface area contributed by atoms with Crippen molar-refractivity contribution < 1.29 is 9.59 Å². The van der Waals surface area contributed by atoms with Crippen LogP contribution in [-0.2, 0) is 19.3 Å². The number of allylic oxidation sites excluding steroid dienone is 2. The summed E-state index contributed by atoms with van der Waals surface area (Å²) in [6, 6.07) is 0. The van der Waals surface area contributed by atoms with E-state index in [4.69, 9.17) is 0 Å². The number of hydrogen-bond acceptors (Lipinski definition) is 5. The van der Waals surface area contributed by atoms with Crippen LogP contribution in [0, 0.1) is 0 Å². The molecule has 0 amide bonds. The van der Waals surface area contributed by atoms with Crippen LogP contribution < -0.4 is 0 Å². The Morgan fingerprint density at radius 2 is 1.29 bits per heavy atom. The number of carbonyl (C=O) groups excluding carboxylic acids is 2. The maximum Gasteiger partial charge on any atom is 0.209 e. The SMILES string of the molecule is CCCCc1c2c(nc3c1CC/C(=C\N(C)C)C3=O)C(=O)/C(=C/N(C)C)CC2. The lowest BCUT2D eigenvalue weighted by Crippen LogP contribution is -2.27. The van der Waals surface area contributed by atoms with Gasteiger partial charge in [0.25, 0.3) is 0 Å². The Labute approximate surface area is 168 Å². The summed E-state index contributed by atoms with van der Waals surface area (Å²) < 4.78 is 0. The Kier molecular flexibility index (Phi) is 6.01. The van der Waals surface area contributed by atoms with Gasteiger partial charge in [-0.1, -0.05) is 13.3 Å². The molecule has 28 heavy (non-hydrogen) atoms. The van der Waals surface area contributed by atoms with Gasteiger partial charge in [0.15, 0.2) is 0 Å². The standard InChI is InChI=1S/C23H31N3O2/c1-6-7-8-17-18-11-9-15(13-25(2)3)22(27)20(18)24-21-19(17)12-10-16(23(21)28)14-26(4)5/h13-14H,6-12H2,1-5H3/b15-13+,16-14+. The van der Waals surface area contributed by atoms with Crippen molar-refractivity contribution in [1.29, 1.82) is 0 Å². The van der Waals surface area contributed by atoms with Crippen LogP contribution in [0.4, 0.5) is 0 Å². The van der Waals surface area contributed by atoms with Crippen molar-refractivity contribution in [3.05, 3.63) is 51.6 Å². The summed E-state index contributed by atoms with van der Waals surface area (Å²) in [5.74, 6) is -0.0426. The fraction of sp³-hybridized carbons (Fsp3) is 0.522. The largest absolute Gasteiger partial charge is 0.383 e. The highest BCUT2D eigenvalue weighted by molar-refractivity contribution is 6.13. The zero-order valence-corrected chi connectivity index (χ0v) is 17.8. The van der Waals surface area contributed by atoms with E-state index >= 15 is 0 Å². The van der Waals surface area contributed by atoms with Crippen molar-refractivity contribution in [2.45, 2.75) is 51.9 Å². The van der Waals surface area contributed by atoms with Gasteiger partial charge < -0.3 is 9.80 Å². The molecular formula is C23H31N3O2. The third kappa shape index (κ3) is 3.89. The van der Waals surface area contributed by atoms with Crippen LogP contribution in [0.25, 0.3) is 0 Å². The van der Waals surface area contributed by atoms with Crippen LogP contribution in [-0.4, -0.2) is 54.5 Å². The Bertz CT molecular complexity index is 799. The van der Waals surface area contributed by atoms with Crippen LogP contribution in [0.3, 0.4) is 0 Å². The van der Waals surface area contributed by atoms with E-state index in [0.717, 1.165) is 67.2 Å². The number of rotatable bonds is 5. The number of Topliss-reactive ketones (excluding diaryl/α,β-unsaturated/α-hetero) is 2. The highest BCUT2D eigenvalue weighted by Gasteiger charge is 2.33. The van der Waals surface area contributed by atoms with Gasteiger partial charge in [-0.15, -0.1) is 0 Å². The van der Waals surface area contributed by atoms with Gasteiger partial charge in [-0.2, -0.15) is 0 Å². The van der Waals surface area contributed by atoms with Gasteiger partial charge in [-0.25, -0.2) is 4.98 Å². The molecule has 3 rings (SSSR count). The van der Waals surface area contributed by atoms with Crippen LogP contribution in [0.2, 0.25) is 0 Å². The summed E-state index contributed by atoms with van der Waals surface area (Å²) in [6.07, 6.45) is 9.98. The molecule has 2 aliphatic carbocycles. The quantitative estimate of drug-likeness (QED) is 0.730. The molecule has 0 aliphatic heterocycles. The van der Waals surface area contributed by atoms with Gasteiger partial charge in [-0.05, 0) is 55.2 Å². The molecule has 0 saturated heterocycles. The highest BCUT2D eigenvalue weighted by atomic mass is 16.1. The molecule has 0 atom stereocenters. The van der Waals surface area contributed by atoms with Crippen molar-refractivity contribution in [3.63, 3.8) is 0 Å². The first-order chi connectivity index (χ1) is 13.3. The molecular weight excluding hydrogens is 350 g/mol. The molecule has 0 spiro atoms. The summed E-state index contributed by atoms with van der Waals surface area (Å²) in [7, 11) is 7.68. The predicted molar refractivity (Wildman–Crippen MR) is 112 cm³/mol. The van der Waals surface area contributed by atoms with Crippen LogP contribution >= 0.6 is 0 Å². The molecule has 0 aromatic carbocycles. The predicted octanol–water partition coefficient (Wildman–Crippen LogP) is 3.57. The van der Waals surface area contributed by atoms with E-state index in [2.05, 4.69) is 11.9 Å². The fourth-order valence-corrected chi connectivity index (χ4v) is 4.20. The summed E-state index contributed by atoms with van der Waals surface area (Å²) in [5, 5.41) is 0. The van der Waals surface area contributed by atoms with Gasteiger partial charge in [0.2, 0.25) is 11.6 Å². The molecule has 5 nitrogen and oxygen atoms in total. The Balaban J connectivity index is 2.15. The molecule has 1 heterocycles. The van der Waals surface area contributed by atoms with Crippen LogP contribution in [0.1, 0.15) is 70.3 Å². The number of unbranched alkanes of at least 4 members (excludes halogenated alkanes) is 1. The Morgan fingerprint density at radius 1 is 0.821 bits per heavy atom. The zero-order valence-electron chi connectivity index (χ0n) is 17.8. The van der Waals surface area contributed by atoms with E-state index in [-0.39, 0.29) is 11.6 Å².